The van der Waals surface area contributed by atoms with Gasteiger partial charge in [0.1, 0.15) is 36.6 Å². The Morgan fingerprint density at radius 3 is 1.49 bits per heavy atom. The van der Waals surface area contributed by atoms with Crippen molar-refractivity contribution in [3.05, 3.63) is 36.5 Å². The van der Waals surface area contributed by atoms with Crippen molar-refractivity contribution in [3.8, 4) is 0 Å². The number of rotatable bonds is 37. The molecular weight excluding hydrogens is 777 g/mol. The number of phosphoric ester groups is 1. The average molecular weight is 862 g/mol. The van der Waals surface area contributed by atoms with Crippen LogP contribution in [-0.2, 0) is 18.4 Å². The molecule has 9 N–H and O–H groups in total. The van der Waals surface area contributed by atoms with Crippen LogP contribution in [0.15, 0.2) is 36.5 Å². The minimum atomic E-state index is -5.15. The van der Waals surface area contributed by atoms with Crippen molar-refractivity contribution in [1.82, 2.24) is 5.32 Å². The highest BCUT2D eigenvalue weighted by atomic mass is 31.2. The molecule has 346 valence electrons. The highest BCUT2D eigenvalue weighted by molar-refractivity contribution is 7.47. The van der Waals surface area contributed by atoms with Gasteiger partial charge in [0.2, 0.25) is 5.91 Å². The minimum Gasteiger partial charge on any atom is -0.393 e. The van der Waals surface area contributed by atoms with Gasteiger partial charge in [-0.2, -0.15) is 0 Å². The largest absolute Gasteiger partial charge is 0.472 e. The lowest BCUT2D eigenvalue weighted by molar-refractivity contribution is -0.220. The third-order valence-electron chi connectivity index (χ3n) is 11.0. The number of phosphoric acid groups is 1. The van der Waals surface area contributed by atoms with Gasteiger partial charge < -0.3 is 46.0 Å². The van der Waals surface area contributed by atoms with Crippen LogP contribution in [-0.4, -0.2) is 108 Å². The number of hydrogen-bond donors (Lipinski definition) is 9. The standard InChI is InChI=1S/C45H84NO12P/c1-3-5-7-9-11-13-14-15-16-17-18-19-20-21-22-23-25-27-29-31-33-38(48)37(46-39(49)34-36(47)32-30-28-26-24-12-10-8-6-4-2)35-57-59(55,56)58-45-43(53)41(51)40(50)42(52)44(45)54/h19-20,23,25,31,33,36-38,40-45,47-48,50-54H,3-18,21-22,24,26-30,32,34-35H2,1-2H3,(H,46,49)(H,55,56)/b20-19+,25-23+,33-31+. The number of aliphatic hydroxyl groups is 7. The Bertz CT molecular complexity index is 1160. The third kappa shape index (κ3) is 27.2. The van der Waals surface area contributed by atoms with Crippen LogP contribution in [0.2, 0.25) is 0 Å². The quantitative estimate of drug-likeness (QED) is 0.0170. The molecule has 8 atom stereocenters. The number of allylic oxidation sites excluding steroid dienone is 5. The van der Waals surface area contributed by atoms with Crippen molar-refractivity contribution in [2.24, 2.45) is 0 Å². The molecule has 14 heteroatoms. The first kappa shape index (κ1) is 55.5. The molecule has 13 nitrogen and oxygen atoms in total. The van der Waals surface area contributed by atoms with Crippen LogP contribution in [0.3, 0.4) is 0 Å². The van der Waals surface area contributed by atoms with Gasteiger partial charge in [-0.25, -0.2) is 4.57 Å². The Balaban J connectivity index is 2.58. The van der Waals surface area contributed by atoms with Gasteiger partial charge in [0.05, 0.1) is 31.3 Å². The summed E-state index contributed by atoms with van der Waals surface area (Å²) in [5.74, 6) is -0.609. The van der Waals surface area contributed by atoms with E-state index in [1.807, 2.05) is 0 Å². The van der Waals surface area contributed by atoms with Crippen molar-refractivity contribution in [2.45, 2.75) is 236 Å². The smallest absolute Gasteiger partial charge is 0.393 e. The zero-order valence-corrected chi connectivity index (χ0v) is 37.3. The van der Waals surface area contributed by atoms with Crippen LogP contribution in [0.25, 0.3) is 0 Å². The molecule has 0 aromatic heterocycles. The zero-order chi connectivity index (χ0) is 43.7. The maximum absolute atomic E-state index is 12.9. The lowest BCUT2D eigenvalue weighted by atomic mass is 9.85. The number of nitrogens with one attached hydrogen (secondary N) is 1. The van der Waals surface area contributed by atoms with Gasteiger partial charge in [-0.05, 0) is 44.9 Å². The van der Waals surface area contributed by atoms with Gasteiger partial charge in [-0.1, -0.05) is 166 Å². The molecule has 1 amide bonds. The highest BCUT2D eigenvalue weighted by Crippen LogP contribution is 2.47. The van der Waals surface area contributed by atoms with E-state index in [2.05, 4.69) is 43.5 Å². The van der Waals surface area contributed by atoms with Gasteiger partial charge in [-0.3, -0.25) is 13.8 Å². The third-order valence-corrected chi connectivity index (χ3v) is 11.9. The van der Waals surface area contributed by atoms with E-state index in [1.165, 1.54) is 102 Å². The second-order valence-electron chi connectivity index (χ2n) is 16.4. The number of aliphatic hydroxyl groups excluding tert-OH is 7. The highest BCUT2D eigenvalue weighted by Gasteiger charge is 2.51. The monoisotopic (exact) mass is 862 g/mol. The van der Waals surface area contributed by atoms with E-state index >= 15 is 0 Å². The summed E-state index contributed by atoms with van der Waals surface area (Å²) in [5.41, 5.74) is 0. The summed E-state index contributed by atoms with van der Waals surface area (Å²) < 4.78 is 22.8. The molecule has 0 aromatic carbocycles. The van der Waals surface area contributed by atoms with Crippen molar-refractivity contribution in [3.63, 3.8) is 0 Å². The van der Waals surface area contributed by atoms with E-state index in [9.17, 15) is 50.0 Å². The normalized spacial score (nSPS) is 23.9. The number of unbranched alkanes of at least 4 members (excludes halogenated alkanes) is 20. The SMILES string of the molecule is CCCCCCCCCCCC/C=C/CC/C=C/CC/C=C/C(O)C(COP(=O)(O)OC1C(O)C(O)C(O)C(O)C1O)NC(=O)CC(O)CCCCCCCCCCC. The van der Waals surface area contributed by atoms with Crippen LogP contribution in [0.5, 0.6) is 0 Å². The average Bonchev–Trinajstić information content (AvgIpc) is 3.21. The Hall–Kier alpha value is -1.48. The van der Waals surface area contributed by atoms with Crippen LogP contribution in [0, 0.1) is 0 Å². The van der Waals surface area contributed by atoms with Crippen molar-refractivity contribution in [2.75, 3.05) is 6.61 Å². The predicted octanol–water partition coefficient (Wildman–Crippen LogP) is 7.36. The fraction of sp³-hybridized carbons (Fsp3) is 0.844. The topological polar surface area (TPSA) is 226 Å². The van der Waals surface area contributed by atoms with Crippen molar-refractivity contribution >= 4 is 13.7 Å². The first-order chi connectivity index (χ1) is 28.3. The first-order valence-corrected chi connectivity index (χ1v) is 24.5. The molecule has 0 bridgehead atoms. The lowest BCUT2D eigenvalue weighted by Crippen LogP contribution is -2.64. The van der Waals surface area contributed by atoms with Gasteiger partial charge in [-0.15, -0.1) is 0 Å². The van der Waals surface area contributed by atoms with E-state index in [0.717, 1.165) is 44.9 Å². The van der Waals surface area contributed by atoms with E-state index in [-0.39, 0.29) is 6.42 Å². The van der Waals surface area contributed by atoms with Crippen LogP contribution in [0.1, 0.15) is 181 Å². The molecule has 0 spiro atoms. The van der Waals surface area contributed by atoms with E-state index < -0.39 is 75.2 Å². The lowest BCUT2D eigenvalue weighted by Gasteiger charge is -2.41. The predicted molar refractivity (Wildman–Crippen MR) is 233 cm³/mol. The Kier molecular flexibility index (Phi) is 33.0. The molecule has 1 aliphatic rings. The molecule has 0 aromatic rings. The minimum absolute atomic E-state index is 0.255. The van der Waals surface area contributed by atoms with Crippen LogP contribution in [0.4, 0.5) is 0 Å². The molecule has 0 aliphatic heterocycles. The maximum Gasteiger partial charge on any atom is 0.472 e. The summed E-state index contributed by atoms with van der Waals surface area (Å²) in [6.07, 6.45) is 25.4. The summed E-state index contributed by atoms with van der Waals surface area (Å²) in [7, 11) is -5.15. The Morgan fingerprint density at radius 1 is 0.593 bits per heavy atom. The van der Waals surface area contributed by atoms with Gasteiger partial charge in [0, 0.05) is 0 Å². The molecule has 1 fully saturated rings. The number of carbonyl (C=O) groups excluding carboxylic acids is 1. The molecule has 1 aliphatic carbocycles. The van der Waals surface area contributed by atoms with Crippen molar-refractivity contribution < 1.29 is 59.0 Å². The van der Waals surface area contributed by atoms with Crippen LogP contribution >= 0.6 is 7.82 Å². The number of hydrogen-bond acceptors (Lipinski definition) is 11. The molecule has 1 rings (SSSR count). The summed E-state index contributed by atoms with van der Waals surface area (Å²) >= 11 is 0. The molecule has 1 saturated carbocycles. The van der Waals surface area contributed by atoms with Crippen LogP contribution < -0.4 is 5.32 Å². The Labute approximate surface area is 356 Å². The molecule has 0 heterocycles. The maximum atomic E-state index is 12.9. The summed E-state index contributed by atoms with van der Waals surface area (Å²) in [6.45, 7) is 3.69. The van der Waals surface area contributed by atoms with Crippen molar-refractivity contribution in [1.29, 1.82) is 0 Å². The molecular formula is C45H84NO12P. The fourth-order valence-electron chi connectivity index (χ4n) is 7.15. The van der Waals surface area contributed by atoms with Gasteiger partial charge in [0.15, 0.2) is 0 Å². The Morgan fingerprint density at radius 2 is 1.00 bits per heavy atom. The summed E-state index contributed by atoms with van der Waals surface area (Å²) in [6, 6.07) is -1.26. The molecule has 8 unspecified atom stereocenters. The first-order valence-electron chi connectivity index (χ1n) is 23.0. The van der Waals surface area contributed by atoms with Gasteiger partial charge >= 0.3 is 7.82 Å². The number of carbonyl (C=O) groups is 1. The zero-order valence-electron chi connectivity index (χ0n) is 36.4. The van der Waals surface area contributed by atoms with Gasteiger partial charge in [0.25, 0.3) is 0 Å². The summed E-state index contributed by atoms with van der Waals surface area (Å²) in [5, 5.41) is 74.3. The second kappa shape index (κ2) is 35.0. The van der Waals surface area contributed by atoms with E-state index in [4.69, 9.17) is 9.05 Å². The molecule has 0 radical (unpaired) electrons. The summed E-state index contributed by atoms with van der Waals surface area (Å²) in [4.78, 5) is 23.3. The van der Waals surface area contributed by atoms with E-state index in [1.54, 1.807) is 6.08 Å². The fourth-order valence-corrected chi connectivity index (χ4v) is 8.12. The van der Waals surface area contributed by atoms with E-state index in [0.29, 0.717) is 19.3 Å². The number of amides is 1. The molecule has 0 saturated heterocycles. The molecule has 59 heavy (non-hydrogen) atoms. The second-order valence-corrected chi connectivity index (χ2v) is 17.8.